The van der Waals surface area contributed by atoms with E-state index in [0.29, 0.717) is 0 Å². The molecule has 0 aromatic carbocycles. The second kappa shape index (κ2) is 6.01. The van der Waals surface area contributed by atoms with Crippen molar-refractivity contribution < 1.29 is 0 Å². The maximum absolute atomic E-state index is 5.32. The van der Waals surface area contributed by atoms with Crippen LogP contribution in [0.5, 0.6) is 0 Å². The molecule has 0 heterocycles. The van der Waals surface area contributed by atoms with Gasteiger partial charge in [0.1, 0.15) is 0 Å². The zero-order valence-corrected chi connectivity index (χ0v) is 8.55. The van der Waals surface area contributed by atoms with Gasteiger partial charge in [-0.3, -0.25) is 4.90 Å². The summed E-state index contributed by atoms with van der Waals surface area (Å²) in [5, 5.41) is 3.32. The summed E-state index contributed by atoms with van der Waals surface area (Å²) in [5.41, 5.74) is 0. The van der Waals surface area contributed by atoms with E-state index in [1.165, 1.54) is 19.4 Å². The molecule has 0 radical (unpaired) electrons. The molecule has 2 nitrogen and oxygen atoms in total. The van der Waals surface area contributed by atoms with Crippen LogP contribution >= 0.6 is 0 Å². The average molecular weight is 180 g/mol. The van der Waals surface area contributed by atoms with E-state index in [1.807, 2.05) is 0 Å². The van der Waals surface area contributed by atoms with Gasteiger partial charge >= 0.3 is 0 Å². The molecule has 0 saturated heterocycles. The summed E-state index contributed by atoms with van der Waals surface area (Å²) in [7, 11) is 0. The summed E-state index contributed by atoms with van der Waals surface area (Å²) in [4.78, 5) is 2.38. The molecule has 1 fully saturated rings. The van der Waals surface area contributed by atoms with E-state index in [9.17, 15) is 0 Å². The van der Waals surface area contributed by atoms with Crippen LogP contribution in [0.3, 0.4) is 0 Å². The van der Waals surface area contributed by atoms with Crippen LogP contribution < -0.4 is 5.32 Å². The molecule has 0 bridgehead atoms. The van der Waals surface area contributed by atoms with Gasteiger partial charge in [0.05, 0.1) is 6.54 Å². The number of nitrogens with one attached hydrogen (secondary N) is 1. The topological polar surface area (TPSA) is 15.3 Å². The van der Waals surface area contributed by atoms with Crippen LogP contribution in [0.25, 0.3) is 0 Å². The predicted octanol–water partition coefficient (Wildman–Crippen LogP) is 0.941. The summed E-state index contributed by atoms with van der Waals surface area (Å²) >= 11 is 0. The third kappa shape index (κ3) is 4.92. The number of nitrogens with zero attached hydrogens (tertiary/aromatic N) is 1. The molecule has 74 valence electrons. The maximum Gasteiger partial charge on any atom is 0.0599 e. The van der Waals surface area contributed by atoms with Crippen molar-refractivity contribution in [2.24, 2.45) is 5.92 Å². The van der Waals surface area contributed by atoms with Crippen molar-refractivity contribution in [1.29, 1.82) is 0 Å². The summed E-state index contributed by atoms with van der Waals surface area (Å²) in [6.07, 6.45) is 8.13. The van der Waals surface area contributed by atoms with Crippen molar-refractivity contribution in [2.75, 3.05) is 32.7 Å². The third-order valence-corrected chi connectivity index (χ3v) is 2.38. The molecule has 2 heteroatoms. The molecule has 1 aliphatic rings. The van der Waals surface area contributed by atoms with Crippen LogP contribution in [0, 0.1) is 18.3 Å². The quantitative estimate of drug-likeness (QED) is 0.463. The molecular formula is C11H20N2. The van der Waals surface area contributed by atoms with E-state index in [2.05, 4.69) is 23.1 Å². The third-order valence-electron chi connectivity index (χ3n) is 2.38. The first kappa shape index (κ1) is 10.6. The Bertz CT molecular complexity index is 167. The fraction of sp³-hybridized carbons (Fsp3) is 0.818. The van der Waals surface area contributed by atoms with Gasteiger partial charge in [0.15, 0.2) is 0 Å². The second-order valence-corrected chi connectivity index (χ2v) is 3.74. The Morgan fingerprint density at radius 2 is 2.31 bits per heavy atom. The van der Waals surface area contributed by atoms with Crippen molar-refractivity contribution in [1.82, 2.24) is 10.2 Å². The Balaban J connectivity index is 2.09. The van der Waals surface area contributed by atoms with Crippen LogP contribution in [0.15, 0.2) is 0 Å². The first-order valence-electron chi connectivity index (χ1n) is 5.23. The first-order chi connectivity index (χ1) is 6.36. The van der Waals surface area contributed by atoms with Crippen molar-refractivity contribution >= 4 is 0 Å². The number of likely N-dealkylation sites (N-methyl/N-ethyl adjacent to an activating group) is 1. The second-order valence-electron chi connectivity index (χ2n) is 3.74. The van der Waals surface area contributed by atoms with Gasteiger partial charge in [-0.2, -0.15) is 0 Å². The summed E-state index contributed by atoms with van der Waals surface area (Å²) in [5.74, 6) is 3.67. The average Bonchev–Trinajstić information content (AvgIpc) is 2.89. The van der Waals surface area contributed by atoms with Gasteiger partial charge in [-0.25, -0.2) is 0 Å². The van der Waals surface area contributed by atoms with Gasteiger partial charge in [0, 0.05) is 19.6 Å². The molecule has 0 aromatic heterocycles. The largest absolute Gasteiger partial charge is 0.316 e. The highest BCUT2D eigenvalue weighted by Crippen LogP contribution is 2.29. The van der Waals surface area contributed by atoms with E-state index in [4.69, 9.17) is 6.42 Å². The maximum atomic E-state index is 5.32. The van der Waals surface area contributed by atoms with E-state index in [1.54, 1.807) is 0 Å². The SMILES string of the molecule is C#CCN(CCNCC)CC1CC1. The normalized spacial score (nSPS) is 16.1. The lowest BCUT2D eigenvalue weighted by Gasteiger charge is -2.19. The lowest BCUT2D eigenvalue weighted by molar-refractivity contribution is 0.294. The van der Waals surface area contributed by atoms with Crippen LogP contribution in [-0.2, 0) is 0 Å². The molecule has 13 heavy (non-hydrogen) atoms. The minimum Gasteiger partial charge on any atom is -0.316 e. The van der Waals surface area contributed by atoms with E-state index in [0.717, 1.165) is 32.1 Å². The minimum absolute atomic E-state index is 0.807. The lowest BCUT2D eigenvalue weighted by Crippen LogP contribution is -2.33. The Labute approximate surface area is 81.7 Å². The Morgan fingerprint density at radius 1 is 1.54 bits per heavy atom. The summed E-state index contributed by atoms with van der Waals surface area (Å²) < 4.78 is 0. The van der Waals surface area contributed by atoms with E-state index in [-0.39, 0.29) is 0 Å². The monoisotopic (exact) mass is 180 g/mol. The molecule has 0 unspecified atom stereocenters. The molecule has 0 aliphatic heterocycles. The van der Waals surface area contributed by atoms with Gasteiger partial charge < -0.3 is 5.32 Å². The van der Waals surface area contributed by atoms with Crippen molar-refractivity contribution in [3.05, 3.63) is 0 Å². The molecular weight excluding hydrogens is 160 g/mol. The molecule has 0 aromatic rings. The minimum atomic E-state index is 0.807. The predicted molar refractivity (Wildman–Crippen MR) is 56.5 cm³/mol. The van der Waals surface area contributed by atoms with Crippen LogP contribution in [0.1, 0.15) is 19.8 Å². The molecule has 1 rings (SSSR count). The first-order valence-corrected chi connectivity index (χ1v) is 5.23. The van der Waals surface area contributed by atoms with Gasteiger partial charge in [0.25, 0.3) is 0 Å². The zero-order chi connectivity index (χ0) is 9.52. The van der Waals surface area contributed by atoms with E-state index >= 15 is 0 Å². The van der Waals surface area contributed by atoms with Crippen molar-refractivity contribution in [3.8, 4) is 12.3 Å². The summed E-state index contributed by atoms with van der Waals surface area (Å²) in [6.45, 7) is 7.34. The standard InChI is InChI=1S/C11H20N2/c1-3-8-13(9-7-12-4-2)10-11-5-6-11/h1,11-12H,4-10H2,2H3. The molecule has 0 amide bonds. The molecule has 1 aliphatic carbocycles. The van der Waals surface area contributed by atoms with Crippen molar-refractivity contribution in [3.63, 3.8) is 0 Å². The van der Waals surface area contributed by atoms with Crippen molar-refractivity contribution in [2.45, 2.75) is 19.8 Å². The van der Waals surface area contributed by atoms with Gasteiger partial charge in [-0.15, -0.1) is 6.42 Å². The van der Waals surface area contributed by atoms with Gasteiger partial charge in [0.2, 0.25) is 0 Å². The number of hydrogen-bond acceptors (Lipinski definition) is 2. The smallest absolute Gasteiger partial charge is 0.0599 e. The molecule has 1 saturated carbocycles. The lowest BCUT2D eigenvalue weighted by atomic mass is 10.3. The Hall–Kier alpha value is -0.520. The number of terminal acetylenes is 1. The Kier molecular flexibility index (Phi) is 4.88. The zero-order valence-electron chi connectivity index (χ0n) is 8.55. The molecule has 0 spiro atoms. The van der Waals surface area contributed by atoms with Gasteiger partial charge in [-0.05, 0) is 25.3 Å². The number of rotatable bonds is 7. The Morgan fingerprint density at radius 3 is 2.85 bits per heavy atom. The van der Waals surface area contributed by atoms with Crippen LogP contribution in [-0.4, -0.2) is 37.6 Å². The highest BCUT2D eigenvalue weighted by molar-refractivity contribution is 4.90. The summed E-state index contributed by atoms with van der Waals surface area (Å²) in [6, 6.07) is 0. The van der Waals surface area contributed by atoms with Crippen LogP contribution in [0.4, 0.5) is 0 Å². The van der Waals surface area contributed by atoms with E-state index < -0.39 is 0 Å². The fourth-order valence-corrected chi connectivity index (χ4v) is 1.44. The van der Waals surface area contributed by atoms with Crippen LogP contribution in [0.2, 0.25) is 0 Å². The molecule has 1 N–H and O–H groups in total. The highest BCUT2D eigenvalue weighted by Gasteiger charge is 2.23. The fourth-order valence-electron chi connectivity index (χ4n) is 1.44. The number of hydrogen-bond donors (Lipinski definition) is 1. The highest BCUT2D eigenvalue weighted by atomic mass is 15.1. The van der Waals surface area contributed by atoms with Gasteiger partial charge in [-0.1, -0.05) is 12.8 Å². The molecule has 0 atom stereocenters.